The van der Waals surface area contributed by atoms with E-state index in [-0.39, 0.29) is 17.6 Å². The van der Waals surface area contributed by atoms with Gasteiger partial charge in [0.25, 0.3) is 0 Å². The van der Waals surface area contributed by atoms with Gasteiger partial charge in [0.15, 0.2) is 19.8 Å². The molecule has 2 heterocycles. The molecule has 2 aliphatic heterocycles. The van der Waals surface area contributed by atoms with E-state index in [4.69, 9.17) is 13.9 Å². The largest absolute Gasteiger partial charge is 0.493 e. The minimum absolute atomic E-state index is 0.236. The van der Waals surface area contributed by atoms with Crippen molar-refractivity contribution in [2.45, 2.75) is 61.7 Å². The Bertz CT molecular complexity index is 834. The number of ether oxygens (including phenoxy) is 2. The Kier molecular flexibility index (Phi) is 3.53. The highest BCUT2D eigenvalue weighted by Crippen LogP contribution is 2.65. The van der Waals surface area contributed by atoms with Crippen LogP contribution in [0, 0.1) is 0 Å². The Labute approximate surface area is 162 Å². The first-order chi connectivity index (χ1) is 12.7. The summed E-state index contributed by atoms with van der Waals surface area (Å²) < 4.78 is 19.2. The topological polar surface area (TPSA) is 51.2 Å². The summed E-state index contributed by atoms with van der Waals surface area (Å²) in [6.45, 7) is 7.72. The van der Waals surface area contributed by atoms with Gasteiger partial charge in [0, 0.05) is 11.6 Å². The summed E-state index contributed by atoms with van der Waals surface area (Å²) in [4.78, 5) is 2.44. The summed E-state index contributed by atoms with van der Waals surface area (Å²) in [6.07, 6.45) is 4.93. The molecule has 6 heteroatoms. The molecule has 1 fully saturated rings. The second-order valence-electron chi connectivity index (χ2n) is 9.45. The Hall–Kier alpha value is -1.34. The number of likely N-dealkylation sites (tertiary alicyclic amines) is 1. The maximum atomic E-state index is 10.9. The van der Waals surface area contributed by atoms with E-state index in [1.807, 2.05) is 12.1 Å². The molecule has 5 atom stereocenters. The Morgan fingerprint density at radius 1 is 1.30 bits per heavy atom. The van der Waals surface area contributed by atoms with Crippen molar-refractivity contribution in [3.05, 3.63) is 35.4 Å². The second-order valence-corrected chi connectivity index (χ2v) is 13.9. The monoisotopic (exact) mass is 387 g/mol. The number of rotatable bonds is 3. The van der Waals surface area contributed by atoms with Crippen molar-refractivity contribution in [2.75, 3.05) is 20.7 Å². The molecule has 1 unspecified atom stereocenters. The first kappa shape index (κ1) is 17.7. The predicted octanol–water partition coefficient (Wildman–Crippen LogP) is 2.48. The van der Waals surface area contributed by atoms with Gasteiger partial charge < -0.3 is 19.0 Å². The molecule has 2 aliphatic carbocycles. The molecule has 1 N–H and O–H groups in total. The smallest absolute Gasteiger partial charge is 0.185 e. The molecule has 5 rings (SSSR count). The SMILES string of the molecule is COc1ccc2c3c1O[C@H]1C(O)C=C[C@@]4(O[Si](C)(C)C)[C@@H](C2)N(C)CC[C@]314. The van der Waals surface area contributed by atoms with Crippen molar-refractivity contribution in [3.63, 3.8) is 0 Å². The van der Waals surface area contributed by atoms with Gasteiger partial charge in [0.2, 0.25) is 0 Å². The van der Waals surface area contributed by atoms with Gasteiger partial charge in [0.1, 0.15) is 17.8 Å². The molecule has 146 valence electrons. The molecule has 0 aromatic heterocycles. The summed E-state index contributed by atoms with van der Waals surface area (Å²) in [7, 11) is 2.00. The van der Waals surface area contributed by atoms with E-state index in [1.54, 1.807) is 7.11 Å². The van der Waals surface area contributed by atoms with Crippen molar-refractivity contribution in [3.8, 4) is 11.5 Å². The zero-order chi connectivity index (χ0) is 19.2. The molecule has 2 bridgehead atoms. The minimum Gasteiger partial charge on any atom is -0.493 e. The predicted molar refractivity (Wildman–Crippen MR) is 106 cm³/mol. The molecule has 27 heavy (non-hydrogen) atoms. The summed E-state index contributed by atoms with van der Waals surface area (Å²) in [5.41, 5.74) is 1.69. The van der Waals surface area contributed by atoms with Gasteiger partial charge in [-0.2, -0.15) is 0 Å². The number of nitrogens with zero attached hydrogens (tertiary/aromatic N) is 1. The van der Waals surface area contributed by atoms with Crippen LogP contribution in [-0.4, -0.2) is 62.9 Å². The van der Waals surface area contributed by atoms with Gasteiger partial charge in [-0.1, -0.05) is 18.2 Å². The molecule has 0 amide bonds. The number of likely N-dealkylation sites (N-methyl/N-ethyl adjacent to an activating group) is 1. The molecule has 5 nitrogen and oxygen atoms in total. The number of benzene rings is 1. The lowest BCUT2D eigenvalue weighted by Crippen LogP contribution is -2.77. The van der Waals surface area contributed by atoms with E-state index in [1.165, 1.54) is 11.1 Å². The molecular weight excluding hydrogens is 358 g/mol. The van der Waals surface area contributed by atoms with Gasteiger partial charge in [-0.15, -0.1) is 0 Å². The first-order valence-electron chi connectivity index (χ1n) is 9.88. The zero-order valence-corrected chi connectivity index (χ0v) is 17.8. The maximum Gasteiger partial charge on any atom is 0.185 e. The van der Waals surface area contributed by atoms with E-state index < -0.39 is 20.0 Å². The van der Waals surface area contributed by atoms with Crippen LogP contribution in [-0.2, 0) is 16.3 Å². The fraction of sp³-hybridized carbons (Fsp3) is 0.619. The Morgan fingerprint density at radius 3 is 2.78 bits per heavy atom. The average Bonchev–Trinajstić information content (AvgIpc) is 2.95. The highest BCUT2D eigenvalue weighted by atomic mass is 28.4. The van der Waals surface area contributed by atoms with Crippen LogP contribution in [0.25, 0.3) is 0 Å². The Morgan fingerprint density at radius 2 is 2.07 bits per heavy atom. The average molecular weight is 388 g/mol. The number of hydrogen-bond donors (Lipinski definition) is 1. The third-order valence-electron chi connectivity index (χ3n) is 6.93. The molecule has 0 saturated carbocycles. The fourth-order valence-electron chi connectivity index (χ4n) is 6.10. The zero-order valence-electron chi connectivity index (χ0n) is 16.8. The molecule has 1 saturated heterocycles. The van der Waals surface area contributed by atoms with Crippen LogP contribution in [0.15, 0.2) is 24.3 Å². The van der Waals surface area contributed by atoms with Crippen LogP contribution in [0.2, 0.25) is 19.6 Å². The number of hydrogen-bond acceptors (Lipinski definition) is 5. The van der Waals surface area contributed by atoms with Crippen LogP contribution in [0.1, 0.15) is 17.5 Å². The minimum atomic E-state index is -1.88. The normalized spacial score (nSPS) is 39.1. The van der Waals surface area contributed by atoms with Crippen LogP contribution < -0.4 is 9.47 Å². The van der Waals surface area contributed by atoms with Gasteiger partial charge in [-0.05, 0) is 57.7 Å². The lowest BCUT2D eigenvalue weighted by molar-refractivity contribution is -0.141. The standard InChI is InChI=1S/C21H29NO4Si/c1-22-11-10-20-17-13-6-7-15(24-2)18(17)25-19(20)14(23)8-9-21(20,16(22)12-13)26-27(3,4)5/h6-9,14,16,19,23H,10-12H2,1-5H3/t14?,16-,19+,20+,21-/m1/s1. The van der Waals surface area contributed by atoms with E-state index in [0.29, 0.717) is 0 Å². The summed E-state index contributed by atoms with van der Waals surface area (Å²) in [5.74, 6) is 1.57. The van der Waals surface area contributed by atoms with Crippen LogP contribution >= 0.6 is 0 Å². The first-order valence-corrected chi connectivity index (χ1v) is 13.3. The highest BCUT2D eigenvalue weighted by molar-refractivity contribution is 6.69. The van der Waals surface area contributed by atoms with E-state index >= 15 is 0 Å². The molecule has 1 spiro atoms. The van der Waals surface area contributed by atoms with E-state index in [2.05, 4.69) is 43.7 Å². The van der Waals surface area contributed by atoms with Crippen molar-refractivity contribution in [1.82, 2.24) is 4.90 Å². The molecule has 0 radical (unpaired) electrons. The van der Waals surface area contributed by atoms with Gasteiger partial charge in [0.05, 0.1) is 12.5 Å². The van der Waals surface area contributed by atoms with E-state index in [0.717, 1.165) is 30.9 Å². The summed E-state index contributed by atoms with van der Waals surface area (Å²) in [5, 5.41) is 10.9. The van der Waals surface area contributed by atoms with Crippen molar-refractivity contribution in [2.24, 2.45) is 0 Å². The highest BCUT2D eigenvalue weighted by Gasteiger charge is 2.72. The molecule has 4 aliphatic rings. The van der Waals surface area contributed by atoms with Gasteiger partial charge >= 0.3 is 0 Å². The quantitative estimate of drug-likeness (QED) is 0.638. The third kappa shape index (κ3) is 2.05. The van der Waals surface area contributed by atoms with Crippen molar-refractivity contribution < 1.29 is 19.0 Å². The maximum absolute atomic E-state index is 10.9. The van der Waals surface area contributed by atoms with Crippen LogP contribution in [0.5, 0.6) is 11.5 Å². The summed E-state index contributed by atoms with van der Waals surface area (Å²) >= 11 is 0. The molecular formula is C21H29NO4Si. The number of piperidine rings is 1. The van der Waals surface area contributed by atoms with Crippen LogP contribution in [0.4, 0.5) is 0 Å². The Balaban J connectivity index is 1.84. The molecule has 1 aromatic rings. The van der Waals surface area contributed by atoms with Gasteiger partial charge in [-0.3, -0.25) is 4.90 Å². The number of aliphatic hydroxyl groups excluding tert-OH is 1. The van der Waals surface area contributed by atoms with Crippen molar-refractivity contribution in [1.29, 1.82) is 0 Å². The number of methoxy groups -OCH3 is 1. The van der Waals surface area contributed by atoms with Crippen LogP contribution in [0.3, 0.4) is 0 Å². The third-order valence-corrected chi connectivity index (χ3v) is 7.88. The van der Waals surface area contributed by atoms with Gasteiger partial charge in [-0.25, -0.2) is 0 Å². The lowest BCUT2D eigenvalue weighted by Gasteiger charge is -2.64. The lowest BCUT2D eigenvalue weighted by atomic mass is 9.50. The molecule has 1 aromatic carbocycles. The second kappa shape index (κ2) is 5.38. The fourth-order valence-corrected chi connectivity index (χ4v) is 7.50. The number of aliphatic hydroxyl groups is 1. The summed E-state index contributed by atoms with van der Waals surface area (Å²) in [6, 6.07) is 4.42. The van der Waals surface area contributed by atoms with E-state index in [9.17, 15) is 5.11 Å². The van der Waals surface area contributed by atoms with Crippen molar-refractivity contribution >= 4 is 8.32 Å².